The Hall–Kier alpha value is -0.860. The van der Waals surface area contributed by atoms with Gasteiger partial charge in [0, 0.05) is 23.0 Å². The smallest absolute Gasteiger partial charge is 0.167 e. The fourth-order valence-corrected chi connectivity index (χ4v) is 1.43. The highest BCUT2D eigenvalue weighted by Gasteiger charge is 2.15. The normalized spacial score (nSPS) is 12.5. The zero-order valence-electron chi connectivity index (χ0n) is 8.16. The van der Waals surface area contributed by atoms with Crippen molar-refractivity contribution in [1.29, 1.82) is 0 Å². The highest BCUT2D eigenvalue weighted by Crippen LogP contribution is 2.14. The third-order valence-corrected chi connectivity index (χ3v) is 2.53. The predicted octanol–water partition coefficient (Wildman–Crippen LogP) is 2.51. The van der Waals surface area contributed by atoms with Crippen LogP contribution < -0.4 is 5.73 Å². The van der Waals surface area contributed by atoms with Crippen LogP contribution >= 0.6 is 11.6 Å². The Kier molecular flexibility index (Phi) is 4.11. The van der Waals surface area contributed by atoms with E-state index >= 15 is 0 Å². The summed E-state index contributed by atoms with van der Waals surface area (Å²) in [6.07, 6.45) is 0.776. The topological polar surface area (TPSA) is 43.1 Å². The van der Waals surface area contributed by atoms with E-state index in [2.05, 4.69) is 0 Å². The van der Waals surface area contributed by atoms with Crippen LogP contribution in [0.4, 0.5) is 0 Å². The van der Waals surface area contributed by atoms with Crippen molar-refractivity contribution in [2.45, 2.75) is 13.3 Å². The molecule has 0 amide bonds. The molecule has 0 fully saturated rings. The van der Waals surface area contributed by atoms with Crippen LogP contribution in [0, 0.1) is 5.92 Å². The van der Waals surface area contributed by atoms with Gasteiger partial charge in [0.2, 0.25) is 0 Å². The number of hydrogen-bond donors (Lipinski definition) is 1. The molecule has 0 radical (unpaired) electrons. The molecule has 0 aromatic heterocycles. The number of carbonyl (C=O) groups excluding carboxylic acids is 1. The number of nitrogens with two attached hydrogens (primary N) is 1. The summed E-state index contributed by atoms with van der Waals surface area (Å²) in [5.41, 5.74) is 6.19. The largest absolute Gasteiger partial charge is 0.330 e. The third-order valence-electron chi connectivity index (χ3n) is 2.28. The Labute approximate surface area is 89.1 Å². The lowest BCUT2D eigenvalue weighted by Crippen LogP contribution is -2.22. The minimum absolute atomic E-state index is 0.0730. The van der Waals surface area contributed by atoms with Gasteiger partial charge in [0.1, 0.15) is 0 Å². The molecule has 0 aliphatic rings. The minimum atomic E-state index is -0.0730. The molecule has 0 saturated heterocycles. The molecule has 0 bridgehead atoms. The summed E-state index contributed by atoms with van der Waals surface area (Å²) in [6, 6.07) is 6.92. The number of carbonyl (C=O) groups is 1. The maximum absolute atomic E-state index is 11.8. The summed E-state index contributed by atoms with van der Waals surface area (Å²) in [4.78, 5) is 11.8. The SMILES string of the molecule is CCC(CN)C(=O)c1ccc(Cl)cc1. The first-order valence-corrected chi connectivity index (χ1v) is 5.06. The Morgan fingerprint density at radius 1 is 1.43 bits per heavy atom. The van der Waals surface area contributed by atoms with Crippen LogP contribution in [0.5, 0.6) is 0 Å². The monoisotopic (exact) mass is 211 g/mol. The first kappa shape index (κ1) is 11.2. The molecular formula is C11H14ClNO. The molecule has 1 aromatic rings. The second kappa shape index (κ2) is 5.13. The number of halogens is 1. The van der Waals surface area contributed by atoms with E-state index in [0.29, 0.717) is 17.1 Å². The predicted molar refractivity (Wildman–Crippen MR) is 58.6 cm³/mol. The van der Waals surface area contributed by atoms with Gasteiger partial charge in [0.15, 0.2) is 5.78 Å². The van der Waals surface area contributed by atoms with Gasteiger partial charge in [0.25, 0.3) is 0 Å². The molecule has 1 aromatic carbocycles. The molecule has 2 nitrogen and oxygen atoms in total. The van der Waals surface area contributed by atoms with Crippen LogP contribution in [0.25, 0.3) is 0 Å². The molecule has 1 rings (SSSR count). The van der Waals surface area contributed by atoms with E-state index < -0.39 is 0 Å². The van der Waals surface area contributed by atoms with E-state index in [1.165, 1.54) is 0 Å². The summed E-state index contributed by atoms with van der Waals surface area (Å²) < 4.78 is 0. The van der Waals surface area contributed by atoms with E-state index in [0.717, 1.165) is 6.42 Å². The quantitative estimate of drug-likeness (QED) is 0.778. The second-order valence-electron chi connectivity index (χ2n) is 3.21. The average molecular weight is 212 g/mol. The van der Waals surface area contributed by atoms with Crippen LogP contribution in [0.2, 0.25) is 5.02 Å². The molecule has 2 N–H and O–H groups in total. The highest BCUT2D eigenvalue weighted by molar-refractivity contribution is 6.30. The minimum Gasteiger partial charge on any atom is -0.330 e. The van der Waals surface area contributed by atoms with Crippen LogP contribution in [-0.4, -0.2) is 12.3 Å². The van der Waals surface area contributed by atoms with Crippen molar-refractivity contribution in [3.05, 3.63) is 34.9 Å². The van der Waals surface area contributed by atoms with E-state index in [9.17, 15) is 4.79 Å². The number of ketones is 1. The molecule has 0 saturated carbocycles. The molecule has 14 heavy (non-hydrogen) atoms. The first-order chi connectivity index (χ1) is 6.69. The van der Waals surface area contributed by atoms with Crippen molar-refractivity contribution in [3.8, 4) is 0 Å². The van der Waals surface area contributed by atoms with Crippen LogP contribution in [-0.2, 0) is 0 Å². The lowest BCUT2D eigenvalue weighted by Gasteiger charge is -2.10. The molecular weight excluding hydrogens is 198 g/mol. The summed E-state index contributed by atoms with van der Waals surface area (Å²) in [5.74, 6) is 0.0304. The van der Waals surface area contributed by atoms with Crippen molar-refractivity contribution in [2.24, 2.45) is 11.7 Å². The van der Waals surface area contributed by atoms with Gasteiger partial charge in [-0.15, -0.1) is 0 Å². The van der Waals surface area contributed by atoms with Gasteiger partial charge in [-0.1, -0.05) is 18.5 Å². The summed E-state index contributed by atoms with van der Waals surface area (Å²) >= 11 is 5.73. The molecule has 0 aliphatic heterocycles. The number of Topliss-reactive ketones (excluding diaryl/α,β-unsaturated/α-hetero) is 1. The third kappa shape index (κ3) is 2.56. The Bertz CT molecular complexity index is 304. The van der Waals surface area contributed by atoms with E-state index in [1.54, 1.807) is 24.3 Å². The van der Waals surface area contributed by atoms with Crippen LogP contribution in [0.1, 0.15) is 23.7 Å². The zero-order valence-corrected chi connectivity index (χ0v) is 8.92. The summed E-state index contributed by atoms with van der Waals surface area (Å²) in [5, 5.41) is 0.641. The highest BCUT2D eigenvalue weighted by atomic mass is 35.5. The molecule has 3 heteroatoms. The fourth-order valence-electron chi connectivity index (χ4n) is 1.31. The van der Waals surface area contributed by atoms with Gasteiger partial charge in [-0.25, -0.2) is 0 Å². The Morgan fingerprint density at radius 2 is 2.00 bits per heavy atom. The standard InChI is InChI=1S/C11H14ClNO/c1-2-8(7-13)11(14)9-3-5-10(12)6-4-9/h3-6,8H,2,7,13H2,1H3. The maximum Gasteiger partial charge on any atom is 0.167 e. The van der Waals surface area contributed by atoms with Gasteiger partial charge >= 0.3 is 0 Å². The van der Waals surface area contributed by atoms with Crippen LogP contribution in [0.15, 0.2) is 24.3 Å². The van der Waals surface area contributed by atoms with E-state index in [1.807, 2.05) is 6.92 Å². The number of benzene rings is 1. The maximum atomic E-state index is 11.8. The van der Waals surface area contributed by atoms with E-state index in [-0.39, 0.29) is 11.7 Å². The van der Waals surface area contributed by atoms with Gasteiger partial charge in [0.05, 0.1) is 0 Å². The van der Waals surface area contributed by atoms with E-state index in [4.69, 9.17) is 17.3 Å². The molecule has 0 heterocycles. The molecule has 0 spiro atoms. The molecule has 0 aliphatic carbocycles. The van der Waals surface area contributed by atoms with Crippen molar-refractivity contribution in [3.63, 3.8) is 0 Å². The number of rotatable bonds is 4. The van der Waals surface area contributed by atoms with Crippen molar-refractivity contribution in [2.75, 3.05) is 6.54 Å². The van der Waals surface area contributed by atoms with Crippen molar-refractivity contribution >= 4 is 17.4 Å². The van der Waals surface area contributed by atoms with Gasteiger partial charge in [-0.2, -0.15) is 0 Å². The second-order valence-corrected chi connectivity index (χ2v) is 3.65. The summed E-state index contributed by atoms with van der Waals surface area (Å²) in [6.45, 7) is 2.36. The number of hydrogen-bond acceptors (Lipinski definition) is 2. The fraction of sp³-hybridized carbons (Fsp3) is 0.364. The molecule has 76 valence electrons. The summed E-state index contributed by atoms with van der Waals surface area (Å²) in [7, 11) is 0. The zero-order chi connectivity index (χ0) is 10.6. The van der Waals surface area contributed by atoms with Gasteiger partial charge in [-0.3, -0.25) is 4.79 Å². The Balaban J connectivity index is 2.83. The van der Waals surface area contributed by atoms with Crippen molar-refractivity contribution in [1.82, 2.24) is 0 Å². The van der Waals surface area contributed by atoms with Gasteiger partial charge < -0.3 is 5.73 Å². The molecule has 1 unspecified atom stereocenters. The Morgan fingerprint density at radius 3 is 2.43 bits per heavy atom. The van der Waals surface area contributed by atoms with Gasteiger partial charge in [-0.05, 0) is 30.7 Å². The molecule has 1 atom stereocenters. The van der Waals surface area contributed by atoms with Crippen molar-refractivity contribution < 1.29 is 4.79 Å². The van der Waals surface area contributed by atoms with Crippen LogP contribution in [0.3, 0.4) is 0 Å². The average Bonchev–Trinajstić information content (AvgIpc) is 2.20. The first-order valence-electron chi connectivity index (χ1n) is 4.69. The lowest BCUT2D eigenvalue weighted by molar-refractivity contribution is 0.0921. The lowest BCUT2D eigenvalue weighted by atomic mass is 9.95.